The minimum absolute atomic E-state index is 0.155. The van der Waals surface area contributed by atoms with E-state index in [9.17, 15) is 9.59 Å². The van der Waals surface area contributed by atoms with Gasteiger partial charge in [-0.15, -0.1) is 0 Å². The molecule has 1 unspecified atom stereocenters. The summed E-state index contributed by atoms with van der Waals surface area (Å²) in [5.74, 6) is -0.0837. The Bertz CT molecular complexity index is 1070. The van der Waals surface area contributed by atoms with E-state index in [-0.39, 0.29) is 12.5 Å². The number of ether oxygens (including phenoxy) is 3. The quantitative estimate of drug-likeness (QED) is 0.346. The Labute approximate surface area is 198 Å². The predicted octanol–water partition coefficient (Wildman–Crippen LogP) is 3.27. The zero-order valence-corrected chi connectivity index (χ0v) is 19.8. The molecule has 0 radical (unpaired) electrons. The van der Waals surface area contributed by atoms with Gasteiger partial charge in [-0.3, -0.25) is 4.79 Å². The van der Waals surface area contributed by atoms with Crippen LogP contribution in [-0.4, -0.2) is 56.4 Å². The molecule has 9 heteroatoms. The summed E-state index contributed by atoms with van der Waals surface area (Å²) in [6.45, 7) is 2.30. The average Bonchev–Trinajstić information content (AvgIpc) is 2.83. The molecule has 174 valence electrons. The van der Waals surface area contributed by atoms with E-state index in [1.54, 1.807) is 62.6 Å². The second-order valence-electron chi connectivity index (χ2n) is 7.38. The Hall–Kier alpha value is -3.43. The van der Waals surface area contributed by atoms with E-state index in [0.29, 0.717) is 40.0 Å². The molecular formula is C24H27N3O5S. The number of hydrogen-bond acceptors (Lipinski definition) is 6. The lowest BCUT2D eigenvalue weighted by atomic mass is 9.95. The van der Waals surface area contributed by atoms with Gasteiger partial charge in [-0.05, 0) is 55.0 Å². The molecule has 1 amide bonds. The first kappa shape index (κ1) is 24.2. The number of carbonyl (C=O) groups excluding carboxylic acids is 2. The van der Waals surface area contributed by atoms with Crippen LogP contribution in [0.5, 0.6) is 5.75 Å². The molecule has 0 bridgehead atoms. The molecule has 0 aromatic heterocycles. The maximum Gasteiger partial charge on any atom is 0.338 e. The summed E-state index contributed by atoms with van der Waals surface area (Å²) in [6, 6.07) is 13.7. The molecule has 1 atom stereocenters. The summed E-state index contributed by atoms with van der Waals surface area (Å²) < 4.78 is 15.5. The molecule has 0 saturated heterocycles. The number of nitrogens with zero attached hydrogens (tertiary/aromatic N) is 1. The van der Waals surface area contributed by atoms with Crippen LogP contribution >= 0.6 is 12.2 Å². The molecule has 33 heavy (non-hydrogen) atoms. The summed E-state index contributed by atoms with van der Waals surface area (Å²) in [7, 11) is 4.89. The van der Waals surface area contributed by atoms with E-state index in [0.717, 1.165) is 5.56 Å². The minimum Gasteiger partial charge on any atom is -0.497 e. The Morgan fingerprint density at radius 1 is 1.12 bits per heavy atom. The van der Waals surface area contributed by atoms with Gasteiger partial charge in [0, 0.05) is 31.1 Å². The summed E-state index contributed by atoms with van der Waals surface area (Å²) >= 11 is 5.43. The maximum atomic E-state index is 12.8. The maximum absolute atomic E-state index is 12.8. The molecule has 1 aliphatic rings. The number of thiocarbonyl (C=S) groups is 1. The molecule has 3 rings (SSSR count). The van der Waals surface area contributed by atoms with Crippen LogP contribution in [0.15, 0.2) is 59.8 Å². The number of methoxy groups -OCH3 is 2. The number of nitrogens with one attached hydrogen (secondary N) is 2. The molecule has 2 aromatic rings. The molecule has 0 aliphatic carbocycles. The van der Waals surface area contributed by atoms with Gasteiger partial charge >= 0.3 is 5.97 Å². The van der Waals surface area contributed by atoms with Gasteiger partial charge in [0.25, 0.3) is 5.91 Å². The van der Waals surface area contributed by atoms with Crippen molar-refractivity contribution in [1.82, 2.24) is 10.2 Å². The molecule has 2 N–H and O–H groups in total. The van der Waals surface area contributed by atoms with Crippen LogP contribution < -0.4 is 15.4 Å². The molecule has 8 nitrogen and oxygen atoms in total. The third-order valence-corrected chi connectivity index (χ3v) is 5.72. The third-order valence-electron chi connectivity index (χ3n) is 5.33. The number of allylic oxidation sites excluding steroid dienone is 1. The van der Waals surface area contributed by atoms with Crippen molar-refractivity contribution in [3.8, 4) is 5.75 Å². The van der Waals surface area contributed by atoms with Crippen molar-refractivity contribution in [2.75, 3.05) is 39.8 Å². The molecule has 1 aliphatic heterocycles. The first-order chi connectivity index (χ1) is 15.8. The standard InChI is InChI=1S/C24H27N3O5S/c1-15-20(23(29)32-13-12-30-3)21(26-24(33)27(15)2)16-8-10-18(11-9-16)25-22(28)17-6-5-7-19(14-17)31-4/h5-11,14,21H,12-13H2,1-4H3,(H,25,28)(H,26,33). The van der Waals surface area contributed by atoms with Crippen LogP contribution in [-0.2, 0) is 14.3 Å². The first-order valence-corrected chi connectivity index (χ1v) is 10.7. The van der Waals surface area contributed by atoms with Crippen molar-refractivity contribution in [3.63, 3.8) is 0 Å². The van der Waals surface area contributed by atoms with Crippen LogP contribution in [0.2, 0.25) is 0 Å². The van der Waals surface area contributed by atoms with Crippen molar-refractivity contribution < 1.29 is 23.8 Å². The number of rotatable bonds is 8. The van der Waals surface area contributed by atoms with Crippen LogP contribution in [0, 0.1) is 0 Å². The Morgan fingerprint density at radius 3 is 2.52 bits per heavy atom. The molecule has 0 fully saturated rings. The van der Waals surface area contributed by atoms with E-state index in [2.05, 4.69) is 10.6 Å². The van der Waals surface area contributed by atoms with E-state index in [4.69, 9.17) is 26.4 Å². The average molecular weight is 470 g/mol. The SMILES string of the molecule is COCCOC(=O)C1=C(C)N(C)C(=S)NC1c1ccc(NC(=O)c2cccc(OC)c2)cc1. The van der Waals surface area contributed by atoms with E-state index >= 15 is 0 Å². The number of hydrogen-bond donors (Lipinski definition) is 2. The lowest BCUT2D eigenvalue weighted by Crippen LogP contribution is -2.46. The zero-order valence-electron chi connectivity index (χ0n) is 19.0. The molecule has 2 aromatic carbocycles. The number of esters is 1. The molecule has 0 spiro atoms. The highest BCUT2D eigenvalue weighted by molar-refractivity contribution is 7.80. The normalized spacial score (nSPS) is 15.7. The monoisotopic (exact) mass is 469 g/mol. The topological polar surface area (TPSA) is 89.1 Å². The number of anilines is 1. The number of benzene rings is 2. The zero-order chi connectivity index (χ0) is 24.0. The summed E-state index contributed by atoms with van der Waals surface area (Å²) in [6.07, 6.45) is 0. The minimum atomic E-state index is -0.480. The van der Waals surface area contributed by atoms with E-state index < -0.39 is 12.0 Å². The predicted molar refractivity (Wildman–Crippen MR) is 129 cm³/mol. The van der Waals surface area contributed by atoms with Gasteiger partial charge < -0.3 is 29.7 Å². The molecular weight excluding hydrogens is 442 g/mol. The summed E-state index contributed by atoms with van der Waals surface area (Å²) in [5, 5.41) is 6.57. The van der Waals surface area contributed by atoms with Gasteiger partial charge in [-0.2, -0.15) is 0 Å². The highest BCUT2D eigenvalue weighted by Gasteiger charge is 2.33. The fraction of sp³-hybridized carbons (Fsp3) is 0.292. The van der Waals surface area contributed by atoms with Gasteiger partial charge in [0.2, 0.25) is 0 Å². The van der Waals surface area contributed by atoms with Crippen LogP contribution in [0.4, 0.5) is 5.69 Å². The van der Waals surface area contributed by atoms with Crippen molar-refractivity contribution in [2.24, 2.45) is 0 Å². The molecule has 0 saturated carbocycles. The Balaban J connectivity index is 1.80. The largest absolute Gasteiger partial charge is 0.497 e. The third kappa shape index (κ3) is 5.68. The fourth-order valence-electron chi connectivity index (χ4n) is 3.37. The number of carbonyl (C=O) groups is 2. The van der Waals surface area contributed by atoms with Crippen LogP contribution in [0.1, 0.15) is 28.9 Å². The van der Waals surface area contributed by atoms with Crippen molar-refractivity contribution in [2.45, 2.75) is 13.0 Å². The van der Waals surface area contributed by atoms with E-state index in [1.165, 1.54) is 0 Å². The lowest BCUT2D eigenvalue weighted by molar-refractivity contribution is -0.140. The van der Waals surface area contributed by atoms with Crippen LogP contribution in [0.25, 0.3) is 0 Å². The Morgan fingerprint density at radius 2 is 1.85 bits per heavy atom. The van der Waals surface area contributed by atoms with Gasteiger partial charge in [-0.25, -0.2) is 4.79 Å². The lowest BCUT2D eigenvalue weighted by Gasteiger charge is -2.35. The fourth-order valence-corrected chi connectivity index (χ4v) is 3.63. The smallest absolute Gasteiger partial charge is 0.338 e. The second-order valence-corrected chi connectivity index (χ2v) is 7.76. The van der Waals surface area contributed by atoms with Gasteiger partial charge in [0.15, 0.2) is 5.11 Å². The second kappa shape index (κ2) is 10.9. The Kier molecular flexibility index (Phi) is 8.02. The summed E-state index contributed by atoms with van der Waals surface area (Å²) in [5.41, 5.74) is 3.09. The first-order valence-electron chi connectivity index (χ1n) is 10.3. The van der Waals surface area contributed by atoms with Crippen molar-refractivity contribution in [3.05, 3.63) is 70.9 Å². The van der Waals surface area contributed by atoms with Gasteiger partial charge in [0.05, 0.1) is 25.3 Å². The van der Waals surface area contributed by atoms with E-state index in [1.807, 2.05) is 19.1 Å². The van der Waals surface area contributed by atoms with Crippen LogP contribution in [0.3, 0.4) is 0 Å². The highest BCUT2D eigenvalue weighted by atomic mass is 32.1. The highest BCUT2D eigenvalue weighted by Crippen LogP contribution is 2.31. The van der Waals surface area contributed by atoms with Gasteiger partial charge in [0.1, 0.15) is 12.4 Å². The van der Waals surface area contributed by atoms with Gasteiger partial charge in [-0.1, -0.05) is 18.2 Å². The number of amides is 1. The molecule has 1 heterocycles. The van der Waals surface area contributed by atoms with Crippen molar-refractivity contribution >= 4 is 34.9 Å². The summed E-state index contributed by atoms with van der Waals surface area (Å²) in [4.78, 5) is 27.1. The van der Waals surface area contributed by atoms with Crippen molar-refractivity contribution in [1.29, 1.82) is 0 Å².